The Bertz CT molecular complexity index is 357. The maximum absolute atomic E-state index is 13.1. The molecule has 1 aromatic rings. The number of halogens is 2. The molecule has 1 nitrogen and oxygen atoms in total. The zero-order valence-electron chi connectivity index (χ0n) is 10.5. The average molecular weight is 259 g/mol. The molecule has 0 saturated heterocycles. The summed E-state index contributed by atoms with van der Waals surface area (Å²) in [6, 6.07) is 4.49. The van der Waals surface area contributed by atoms with E-state index in [4.69, 9.17) is 0 Å². The van der Waals surface area contributed by atoms with Crippen molar-refractivity contribution in [1.82, 2.24) is 5.32 Å². The van der Waals surface area contributed by atoms with E-state index < -0.39 is 11.6 Å². The second kappa shape index (κ2) is 6.97. The second-order valence-electron chi connectivity index (χ2n) is 4.12. The predicted molar refractivity (Wildman–Crippen MR) is 70.4 cm³/mol. The van der Waals surface area contributed by atoms with E-state index in [1.165, 1.54) is 12.1 Å². The third-order valence-electron chi connectivity index (χ3n) is 2.79. The van der Waals surface area contributed by atoms with E-state index in [-0.39, 0.29) is 6.04 Å². The van der Waals surface area contributed by atoms with Crippen LogP contribution in [-0.4, -0.2) is 18.1 Å². The third kappa shape index (κ3) is 4.28. The van der Waals surface area contributed by atoms with Gasteiger partial charge in [-0.2, -0.15) is 11.8 Å². The van der Waals surface area contributed by atoms with Gasteiger partial charge in [0, 0.05) is 17.8 Å². The molecule has 2 unspecified atom stereocenters. The van der Waals surface area contributed by atoms with Crippen LogP contribution in [0.25, 0.3) is 0 Å². The van der Waals surface area contributed by atoms with E-state index in [1.807, 2.05) is 6.92 Å². The summed E-state index contributed by atoms with van der Waals surface area (Å²) in [5.41, 5.74) is 0.781. The molecule has 0 spiro atoms. The van der Waals surface area contributed by atoms with Gasteiger partial charge in [-0.3, -0.25) is 0 Å². The minimum absolute atomic E-state index is 0.0298. The Morgan fingerprint density at radius 3 is 2.53 bits per heavy atom. The monoisotopic (exact) mass is 259 g/mol. The van der Waals surface area contributed by atoms with Crippen molar-refractivity contribution < 1.29 is 8.78 Å². The minimum atomic E-state index is -0.794. The van der Waals surface area contributed by atoms with Gasteiger partial charge in [0.25, 0.3) is 0 Å². The third-order valence-corrected chi connectivity index (χ3v) is 3.53. The second-order valence-corrected chi connectivity index (χ2v) is 5.03. The molecule has 0 bridgehead atoms. The highest BCUT2D eigenvalue weighted by Crippen LogP contribution is 2.17. The summed E-state index contributed by atoms with van der Waals surface area (Å²) >= 11 is 1.78. The number of nitrogens with one attached hydrogen (secondary N) is 1. The molecule has 0 aliphatic rings. The van der Waals surface area contributed by atoms with Gasteiger partial charge < -0.3 is 5.32 Å². The van der Waals surface area contributed by atoms with Crippen molar-refractivity contribution in [3.63, 3.8) is 0 Å². The number of hydrogen-bond donors (Lipinski definition) is 1. The van der Waals surface area contributed by atoms with Gasteiger partial charge in [0.2, 0.25) is 0 Å². The Labute approximate surface area is 106 Å². The van der Waals surface area contributed by atoms with Gasteiger partial charge in [-0.05, 0) is 37.3 Å². The zero-order valence-corrected chi connectivity index (χ0v) is 11.3. The molecule has 0 radical (unpaired) electrons. The molecule has 0 aliphatic carbocycles. The van der Waals surface area contributed by atoms with E-state index in [9.17, 15) is 8.78 Å². The van der Waals surface area contributed by atoms with Crippen LogP contribution in [0, 0.1) is 11.6 Å². The smallest absolute Gasteiger partial charge is 0.159 e. The van der Waals surface area contributed by atoms with Crippen LogP contribution < -0.4 is 5.32 Å². The van der Waals surface area contributed by atoms with Gasteiger partial charge in [0.15, 0.2) is 11.6 Å². The van der Waals surface area contributed by atoms with Crippen LogP contribution in [0.5, 0.6) is 0 Å². The van der Waals surface area contributed by atoms with Gasteiger partial charge in [-0.1, -0.05) is 13.0 Å². The quantitative estimate of drug-likeness (QED) is 0.835. The molecular formula is C13H19F2NS. The summed E-state index contributed by atoms with van der Waals surface area (Å²) in [5.74, 6) is -0.559. The first kappa shape index (κ1) is 14.5. The SMILES string of the molecule is CCC(CSC)NC(C)c1ccc(F)c(F)c1. The molecule has 0 aromatic heterocycles. The Balaban J connectivity index is 2.68. The molecule has 17 heavy (non-hydrogen) atoms. The maximum Gasteiger partial charge on any atom is 0.159 e. The van der Waals surface area contributed by atoms with Gasteiger partial charge in [0.05, 0.1) is 0 Å². The Morgan fingerprint density at radius 1 is 1.29 bits per heavy atom. The molecule has 1 N–H and O–H groups in total. The Kier molecular flexibility index (Phi) is 5.92. The van der Waals surface area contributed by atoms with E-state index in [1.54, 1.807) is 17.8 Å². The molecule has 96 valence electrons. The molecule has 1 rings (SSSR count). The lowest BCUT2D eigenvalue weighted by Gasteiger charge is -2.22. The highest BCUT2D eigenvalue weighted by molar-refractivity contribution is 7.98. The summed E-state index contributed by atoms with van der Waals surface area (Å²) in [6.45, 7) is 4.08. The van der Waals surface area contributed by atoms with Crippen LogP contribution in [0.1, 0.15) is 31.9 Å². The van der Waals surface area contributed by atoms with Crippen molar-refractivity contribution in [1.29, 1.82) is 0 Å². The highest BCUT2D eigenvalue weighted by atomic mass is 32.2. The fraction of sp³-hybridized carbons (Fsp3) is 0.538. The highest BCUT2D eigenvalue weighted by Gasteiger charge is 2.13. The summed E-state index contributed by atoms with van der Waals surface area (Å²) in [4.78, 5) is 0. The largest absolute Gasteiger partial charge is 0.307 e. The summed E-state index contributed by atoms with van der Waals surface area (Å²) in [7, 11) is 0. The Hall–Kier alpha value is -0.610. The van der Waals surface area contributed by atoms with E-state index >= 15 is 0 Å². The van der Waals surface area contributed by atoms with E-state index in [0.717, 1.165) is 17.7 Å². The number of rotatable bonds is 6. The van der Waals surface area contributed by atoms with Gasteiger partial charge >= 0.3 is 0 Å². The number of benzene rings is 1. The van der Waals surface area contributed by atoms with Crippen LogP contribution in [-0.2, 0) is 0 Å². The van der Waals surface area contributed by atoms with Crippen LogP contribution >= 0.6 is 11.8 Å². The summed E-state index contributed by atoms with van der Waals surface area (Å²) in [5, 5.41) is 3.42. The van der Waals surface area contributed by atoms with Crippen molar-refractivity contribution in [2.75, 3.05) is 12.0 Å². The normalized spacial score (nSPS) is 14.6. The molecule has 0 saturated carbocycles. The lowest BCUT2D eigenvalue weighted by molar-refractivity contribution is 0.466. The molecule has 4 heteroatoms. The average Bonchev–Trinajstić information content (AvgIpc) is 2.31. The topological polar surface area (TPSA) is 12.0 Å². The van der Waals surface area contributed by atoms with Crippen molar-refractivity contribution in [3.05, 3.63) is 35.4 Å². The Morgan fingerprint density at radius 2 is 2.00 bits per heavy atom. The van der Waals surface area contributed by atoms with Crippen LogP contribution in [0.4, 0.5) is 8.78 Å². The first-order valence-electron chi connectivity index (χ1n) is 5.78. The molecular weight excluding hydrogens is 240 g/mol. The van der Waals surface area contributed by atoms with E-state index in [2.05, 4.69) is 18.5 Å². The van der Waals surface area contributed by atoms with Crippen molar-refractivity contribution in [3.8, 4) is 0 Å². The fourth-order valence-electron chi connectivity index (χ4n) is 1.72. The lowest BCUT2D eigenvalue weighted by atomic mass is 10.1. The molecule has 2 atom stereocenters. The fourth-order valence-corrected chi connectivity index (χ4v) is 2.45. The van der Waals surface area contributed by atoms with Crippen LogP contribution in [0.2, 0.25) is 0 Å². The first-order chi connectivity index (χ1) is 8.08. The van der Waals surface area contributed by atoms with Gasteiger partial charge in [0.1, 0.15) is 0 Å². The molecule has 0 aliphatic heterocycles. The molecule has 0 fully saturated rings. The molecule has 0 amide bonds. The summed E-state index contributed by atoms with van der Waals surface area (Å²) in [6.07, 6.45) is 3.08. The van der Waals surface area contributed by atoms with Crippen molar-refractivity contribution in [2.45, 2.75) is 32.4 Å². The number of hydrogen-bond acceptors (Lipinski definition) is 2. The predicted octanol–water partition coefficient (Wildman–Crippen LogP) is 3.76. The molecule has 1 aromatic carbocycles. The maximum atomic E-state index is 13.1. The van der Waals surface area contributed by atoms with E-state index in [0.29, 0.717) is 6.04 Å². The minimum Gasteiger partial charge on any atom is -0.307 e. The standard InChI is InChI=1S/C13H19F2NS/c1-4-11(8-17-3)16-9(2)10-5-6-12(14)13(15)7-10/h5-7,9,11,16H,4,8H2,1-3H3. The summed E-state index contributed by atoms with van der Waals surface area (Å²) < 4.78 is 25.9. The first-order valence-corrected chi connectivity index (χ1v) is 7.17. The van der Waals surface area contributed by atoms with Crippen LogP contribution in [0.15, 0.2) is 18.2 Å². The zero-order chi connectivity index (χ0) is 12.8. The van der Waals surface area contributed by atoms with Crippen molar-refractivity contribution >= 4 is 11.8 Å². The van der Waals surface area contributed by atoms with Crippen molar-refractivity contribution in [2.24, 2.45) is 0 Å². The lowest BCUT2D eigenvalue weighted by Crippen LogP contribution is -2.33. The van der Waals surface area contributed by atoms with Gasteiger partial charge in [-0.25, -0.2) is 8.78 Å². The number of thioether (sulfide) groups is 1. The molecule has 0 heterocycles. The van der Waals surface area contributed by atoms with Crippen LogP contribution in [0.3, 0.4) is 0 Å². The van der Waals surface area contributed by atoms with Gasteiger partial charge in [-0.15, -0.1) is 0 Å².